The van der Waals surface area contributed by atoms with Crippen molar-refractivity contribution in [3.63, 3.8) is 0 Å². The molecule has 0 radical (unpaired) electrons. The molecule has 12 heteroatoms. The summed E-state index contributed by atoms with van der Waals surface area (Å²) < 4.78 is 60.2. The van der Waals surface area contributed by atoms with Gasteiger partial charge in [0, 0.05) is 11.3 Å². The van der Waals surface area contributed by atoms with E-state index in [-0.39, 0.29) is 28.5 Å². The minimum Gasteiger partial charge on any atom is -0.493 e. The molecule has 3 rings (SSSR count). The molecule has 1 heterocycles. The Morgan fingerprint density at radius 3 is 2.47 bits per heavy atom. The van der Waals surface area contributed by atoms with E-state index in [0.717, 1.165) is 11.8 Å². The summed E-state index contributed by atoms with van der Waals surface area (Å²) in [7, 11) is 1.43. The van der Waals surface area contributed by atoms with E-state index in [4.69, 9.17) is 9.47 Å². The van der Waals surface area contributed by atoms with Crippen LogP contribution in [-0.4, -0.2) is 47.3 Å². The molecule has 1 atom stereocenters. The predicted molar refractivity (Wildman–Crippen MR) is 120 cm³/mol. The van der Waals surface area contributed by atoms with Crippen molar-refractivity contribution in [2.45, 2.75) is 31.3 Å². The zero-order valence-corrected chi connectivity index (χ0v) is 19.0. The van der Waals surface area contributed by atoms with Gasteiger partial charge in [0.2, 0.25) is 6.86 Å². The van der Waals surface area contributed by atoms with Crippen molar-refractivity contribution < 1.29 is 36.6 Å². The lowest BCUT2D eigenvalue weighted by Crippen LogP contribution is -2.34. The number of thioether (sulfide) groups is 1. The fourth-order valence-corrected chi connectivity index (χ4v) is 4.10. The number of benzene rings is 2. The number of nitrogens with zero attached hydrogens (tertiary/aromatic N) is 2. The first-order valence-corrected chi connectivity index (χ1v) is 10.9. The van der Waals surface area contributed by atoms with Crippen LogP contribution in [0.2, 0.25) is 0 Å². The van der Waals surface area contributed by atoms with E-state index < -0.39 is 18.9 Å². The summed E-state index contributed by atoms with van der Waals surface area (Å²) in [6.45, 7) is 0.929. The molecule has 34 heavy (non-hydrogen) atoms. The average Bonchev–Trinajstić information content (AvgIpc) is 2.81. The van der Waals surface area contributed by atoms with E-state index in [0.29, 0.717) is 29.0 Å². The zero-order chi connectivity index (χ0) is 24.9. The van der Waals surface area contributed by atoms with Gasteiger partial charge in [-0.15, -0.1) is 0 Å². The standard InChI is InChI=1S/C22H21F4N3O4S/c1-3-18-19(14-6-9-16(32-2)17(10-14)33-12-23)28-29(21(31)34-18)11-13-4-7-15(8-5-13)27-20(30)22(24,25)26/h4-10,18H,3,11-12H2,1-2H3,(H,27,30). The van der Waals surface area contributed by atoms with Gasteiger partial charge < -0.3 is 14.8 Å². The average molecular weight is 499 g/mol. The molecule has 1 aliphatic rings. The van der Waals surface area contributed by atoms with Crippen LogP contribution in [0.4, 0.5) is 28.0 Å². The van der Waals surface area contributed by atoms with Crippen molar-refractivity contribution in [1.82, 2.24) is 5.01 Å². The van der Waals surface area contributed by atoms with Gasteiger partial charge in [-0.25, -0.2) is 9.40 Å². The van der Waals surface area contributed by atoms with E-state index in [1.54, 1.807) is 23.5 Å². The number of rotatable bonds is 8. The minimum absolute atomic E-state index is 0.0284. The lowest BCUT2D eigenvalue weighted by atomic mass is 10.0. The van der Waals surface area contributed by atoms with Crippen LogP contribution in [0.15, 0.2) is 47.6 Å². The summed E-state index contributed by atoms with van der Waals surface area (Å²) in [4.78, 5) is 23.7. The van der Waals surface area contributed by atoms with Gasteiger partial charge in [0.15, 0.2) is 11.5 Å². The first-order chi connectivity index (χ1) is 16.2. The van der Waals surface area contributed by atoms with E-state index >= 15 is 0 Å². The molecule has 0 fully saturated rings. The van der Waals surface area contributed by atoms with Crippen molar-refractivity contribution in [1.29, 1.82) is 0 Å². The fraction of sp³-hybridized carbons (Fsp3) is 0.318. The van der Waals surface area contributed by atoms with Gasteiger partial charge in [0.05, 0.1) is 24.6 Å². The van der Waals surface area contributed by atoms with Crippen LogP contribution < -0.4 is 14.8 Å². The van der Waals surface area contributed by atoms with E-state index in [1.807, 2.05) is 6.92 Å². The largest absolute Gasteiger partial charge is 0.493 e. The van der Waals surface area contributed by atoms with E-state index in [2.05, 4.69) is 5.10 Å². The number of halogens is 4. The number of hydrogen-bond donors (Lipinski definition) is 1. The molecule has 1 unspecified atom stereocenters. The molecule has 0 saturated carbocycles. The highest BCUT2D eigenvalue weighted by atomic mass is 32.2. The predicted octanol–water partition coefficient (Wildman–Crippen LogP) is 5.35. The number of carbonyl (C=O) groups excluding carboxylic acids is 2. The second-order valence-corrected chi connectivity index (χ2v) is 8.25. The Morgan fingerprint density at radius 2 is 1.88 bits per heavy atom. The van der Waals surface area contributed by atoms with Crippen molar-refractivity contribution in [3.05, 3.63) is 53.6 Å². The lowest BCUT2D eigenvalue weighted by Gasteiger charge is -2.28. The molecule has 0 aromatic heterocycles. The molecule has 0 saturated heterocycles. The molecule has 2 aromatic rings. The van der Waals surface area contributed by atoms with Gasteiger partial charge in [0.25, 0.3) is 0 Å². The smallest absolute Gasteiger partial charge is 0.471 e. The molecular weight excluding hydrogens is 478 g/mol. The number of alkyl halides is 4. The second-order valence-electron chi connectivity index (χ2n) is 7.09. The monoisotopic (exact) mass is 499 g/mol. The number of methoxy groups -OCH3 is 1. The van der Waals surface area contributed by atoms with Gasteiger partial charge in [-0.05, 0) is 42.3 Å². The third-order valence-corrected chi connectivity index (χ3v) is 6.08. The van der Waals surface area contributed by atoms with Gasteiger partial charge in [-0.1, -0.05) is 30.8 Å². The van der Waals surface area contributed by atoms with Crippen LogP contribution in [0, 0.1) is 0 Å². The summed E-state index contributed by atoms with van der Waals surface area (Å²) in [6.07, 6.45) is -4.38. The SMILES string of the molecule is CCC1SC(=O)N(Cc2ccc(NC(=O)C(F)(F)F)cc2)N=C1c1ccc(OC)c(OCF)c1. The highest BCUT2D eigenvalue weighted by Crippen LogP contribution is 2.34. The second kappa shape index (κ2) is 10.8. The van der Waals surface area contributed by atoms with E-state index in [9.17, 15) is 27.2 Å². The Balaban J connectivity index is 1.83. The third kappa shape index (κ3) is 5.99. The van der Waals surface area contributed by atoms with Crippen LogP contribution >= 0.6 is 11.8 Å². The highest BCUT2D eigenvalue weighted by molar-refractivity contribution is 8.14. The van der Waals surface area contributed by atoms with Crippen LogP contribution in [0.1, 0.15) is 24.5 Å². The Bertz CT molecular complexity index is 1080. The first kappa shape index (κ1) is 25.3. The molecule has 0 bridgehead atoms. The maximum absolute atomic E-state index is 12.8. The van der Waals surface area contributed by atoms with Gasteiger partial charge in [0.1, 0.15) is 0 Å². The number of hydrogen-bond acceptors (Lipinski definition) is 6. The number of nitrogens with one attached hydrogen (secondary N) is 1. The van der Waals surface area contributed by atoms with Crippen LogP contribution in [0.3, 0.4) is 0 Å². The maximum Gasteiger partial charge on any atom is 0.471 e. The third-order valence-electron chi connectivity index (χ3n) is 4.83. The highest BCUT2D eigenvalue weighted by Gasteiger charge is 2.38. The van der Waals surface area contributed by atoms with E-state index in [1.165, 1.54) is 36.4 Å². The van der Waals surface area contributed by atoms with Crippen LogP contribution in [-0.2, 0) is 11.3 Å². The summed E-state index contributed by atoms with van der Waals surface area (Å²) in [5.74, 6) is -1.52. The molecule has 182 valence electrons. The molecule has 0 spiro atoms. The van der Waals surface area contributed by atoms with Gasteiger partial charge in [-0.3, -0.25) is 9.59 Å². The quantitative estimate of drug-likeness (QED) is 0.495. The number of amides is 2. The molecule has 7 nitrogen and oxygen atoms in total. The van der Waals surface area contributed by atoms with Crippen LogP contribution in [0.5, 0.6) is 11.5 Å². The van der Waals surface area contributed by atoms with Crippen molar-refractivity contribution in [2.75, 3.05) is 19.3 Å². The molecule has 2 amide bonds. The number of hydrazone groups is 1. The minimum atomic E-state index is -4.99. The molecule has 2 aromatic carbocycles. The first-order valence-electron chi connectivity index (χ1n) is 10.1. The summed E-state index contributed by atoms with van der Waals surface area (Å²) >= 11 is 1.09. The molecule has 1 aliphatic heterocycles. The Morgan fingerprint density at radius 1 is 1.18 bits per heavy atom. The normalized spacial score (nSPS) is 16.2. The molecule has 0 aliphatic carbocycles. The summed E-state index contributed by atoms with van der Waals surface area (Å²) in [5, 5.41) is 6.99. The van der Waals surface area contributed by atoms with Crippen molar-refractivity contribution in [3.8, 4) is 11.5 Å². The Hall–Kier alpha value is -3.28. The lowest BCUT2D eigenvalue weighted by molar-refractivity contribution is -0.167. The number of carbonyl (C=O) groups is 2. The molecular formula is C22H21F4N3O4S. The molecule has 1 N–H and O–H groups in total. The summed E-state index contributed by atoms with van der Waals surface area (Å²) in [6, 6.07) is 10.5. The number of ether oxygens (including phenoxy) is 2. The van der Waals surface area contributed by atoms with Crippen LogP contribution in [0.25, 0.3) is 0 Å². The Labute approximate surface area is 197 Å². The zero-order valence-electron chi connectivity index (χ0n) is 18.2. The fourth-order valence-electron chi connectivity index (χ4n) is 3.17. The number of anilines is 1. The van der Waals surface area contributed by atoms with Crippen molar-refractivity contribution in [2.24, 2.45) is 5.10 Å². The topological polar surface area (TPSA) is 80.2 Å². The summed E-state index contributed by atoms with van der Waals surface area (Å²) in [5.41, 5.74) is 1.78. The van der Waals surface area contributed by atoms with Crippen molar-refractivity contribution >= 4 is 34.3 Å². The van der Waals surface area contributed by atoms with Gasteiger partial charge in [-0.2, -0.15) is 18.3 Å². The Kier molecular flexibility index (Phi) is 8.02. The van der Waals surface area contributed by atoms with Gasteiger partial charge >= 0.3 is 17.3 Å². The maximum atomic E-state index is 12.8.